The second-order valence-corrected chi connectivity index (χ2v) is 7.61. The van der Waals surface area contributed by atoms with Crippen LogP contribution in [0.3, 0.4) is 0 Å². The van der Waals surface area contributed by atoms with Gasteiger partial charge in [0.1, 0.15) is 17.3 Å². The number of imidazole rings is 1. The molecule has 0 aliphatic carbocycles. The average molecular weight is 486 g/mol. The highest BCUT2D eigenvalue weighted by Crippen LogP contribution is 2.43. The number of nitrogens with zero attached hydrogens (tertiary/aromatic N) is 3. The average Bonchev–Trinajstić information content (AvgIpc) is 3.08. The molecular formula is C20H22F8N4O. The smallest absolute Gasteiger partial charge is 0.344 e. The normalized spacial score (nSPS) is 13.3. The molecule has 1 aromatic heterocycles. The number of carbonyl (C=O) groups excluding carboxylic acids is 1. The molecule has 1 amide bonds. The summed E-state index contributed by atoms with van der Waals surface area (Å²) < 4.78 is 105. The molecule has 0 aliphatic heterocycles. The van der Waals surface area contributed by atoms with Gasteiger partial charge in [-0.15, -0.1) is 0 Å². The topological polar surface area (TPSA) is 64.2 Å². The lowest BCUT2D eigenvalue weighted by Crippen LogP contribution is -2.34. The van der Waals surface area contributed by atoms with E-state index in [2.05, 4.69) is 4.98 Å². The van der Waals surface area contributed by atoms with Crippen LogP contribution in [0.4, 0.5) is 35.1 Å². The van der Waals surface area contributed by atoms with E-state index >= 15 is 0 Å². The van der Waals surface area contributed by atoms with Crippen molar-refractivity contribution in [3.05, 3.63) is 52.9 Å². The monoisotopic (exact) mass is 486 g/mol. The zero-order chi connectivity index (χ0) is 25.1. The Labute approximate surface area is 184 Å². The zero-order valence-electron chi connectivity index (χ0n) is 17.7. The largest absolute Gasteiger partial charge is 0.459 e. The molecular weight excluding hydrogens is 464 g/mol. The highest BCUT2D eigenvalue weighted by molar-refractivity contribution is 5.75. The van der Waals surface area contributed by atoms with E-state index < -0.39 is 47.2 Å². The Hall–Kier alpha value is -2.70. The summed E-state index contributed by atoms with van der Waals surface area (Å²) in [5.41, 5.74) is 4.28. The number of hydrogen-bond donors (Lipinski definition) is 1. The molecule has 2 aromatic rings. The Bertz CT molecular complexity index is 989. The van der Waals surface area contributed by atoms with E-state index in [0.29, 0.717) is 18.3 Å². The minimum atomic E-state index is -5.78. The van der Waals surface area contributed by atoms with Gasteiger partial charge in [0.15, 0.2) is 11.6 Å². The Morgan fingerprint density at radius 2 is 1.73 bits per heavy atom. The molecule has 2 rings (SSSR count). The standard InChI is InChI=1S/C20H22F8N4O/c1-11-30-17(19(24,25)20(26,27)28)10-32(11)6-5-31(2)18(33)4-3-13(29)7-12-8-15(22)16(23)9-14(12)21/h8-10,13H,3-7,29H2,1-2H3/t13-/m0/s1. The number of alkyl halides is 5. The van der Waals surface area contributed by atoms with Crippen LogP contribution in [-0.2, 0) is 23.7 Å². The first-order chi connectivity index (χ1) is 15.1. The molecule has 0 saturated heterocycles. The maximum atomic E-state index is 13.7. The molecule has 33 heavy (non-hydrogen) atoms. The predicted octanol–water partition coefficient (Wildman–Crippen LogP) is 4.07. The fourth-order valence-electron chi connectivity index (χ4n) is 3.02. The SMILES string of the molecule is Cc1nc(C(F)(F)C(F)(F)F)cn1CCN(C)C(=O)CC[C@H](N)Cc1cc(F)c(F)cc1F. The van der Waals surface area contributed by atoms with Gasteiger partial charge in [0, 0.05) is 44.9 Å². The van der Waals surface area contributed by atoms with Crippen LogP contribution in [0.1, 0.15) is 29.9 Å². The summed E-state index contributed by atoms with van der Waals surface area (Å²) >= 11 is 0. The second kappa shape index (κ2) is 10.1. The van der Waals surface area contributed by atoms with Crippen LogP contribution in [0.5, 0.6) is 0 Å². The molecule has 184 valence electrons. The summed E-state index contributed by atoms with van der Waals surface area (Å²) in [6.45, 7) is 1.16. The molecule has 2 N–H and O–H groups in total. The van der Waals surface area contributed by atoms with Crippen LogP contribution >= 0.6 is 0 Å². The third kappa shape index (κ3) is 6.42. The maximum absolute atomic E-state index is 13.7. The number of amides is 1. The number of aryl methyl sites for hydroxylation is 1. The Morgan fingerprint density at radius 3 is 2.33 bits per heavy atom. The van der Waals surface area contributed by atoms with Crippen molar-refractivity contribution in [3.8, 4) is 0 Å². The van der Waals surface area contributed by atoms with Crippen LogP contribution in [0.2, 0.25) is 0 Å². The second-order valence-electron chi connectivity index (χ2n) is 7.61. The van der Waals surface area contributed by atoms with Gasteiger partial charge in [-0.05, 0) is 31.4 Å². The van der Waals surface area contributed by atoms with E-state index in [-0.39, 0.29) is 43.7 Å². The summed E-state index contributed by atoms with van der Waals surface area (Å²) in [5, 5.41) is 0. The summed E-state index contributed by atoms with van der Waals surface area (Å²) in [5.74, 6) is -9.10. The van der Waals surface area contributed by atoms with Crippen molar-refractivity contribution in [2.45, 2.75) is 50.9 Å². The molecule has 5 nitrogen and oxygen atoms in total. The molecule has 0 spiro atoms. The van der Waals surface area contributed by atoms with Gasteiger partial charge < -0.3 is 15.2 Å². The third-order valence-electron chi connectivity index (χ3n) is 5.06. The van der Waals surface area contributed by atoms with Crippen molar-refractivity contribution in [1.29, 1.82) is 0 Å². The third-order valence-corrected chi connectivity index (χ3v) is 5.06. The number of halogens is 8. The molecule has 0 unspecified atom stereocenters. The number of carbonyl (C=O) groups is 1. The molecule has 0 saturated carbocycles. The zero-order valence-corrected chi connectivity index (χ0v) is 17.7. The quantitative estimate of drug-likeness (QED) is 0.430. The number of hydrogen-bond acceptors (Lipinski definition) is 3. The number of likely N-dealkylation sites (N-methyl/N-ethyl adjacent to an activating group) is 1. The van der Waals surface area contributed by atoms with Crippen LogP contribution < -0.4 is 5.73 Å². The molecule has 1 heterocycles. The molecule has 1 atom stereocenters. The number of aromatic nitrogens is 2. The maximum Gasteiger partial charge on any atom is 0.459 e. The first-order valence-corrected chi connectivity index (χ1v) is 9.75. The van der Waals surface area contributed by atoms with Crippen molar-refractivity contribution >= 4 is 5.91 Å². The minimum Gasteiger partial charge on any atom is -0.344 e. The Balaban J connectivity index is 1.88. The molecule has 0 bridgehead atoms. The van der Waals surface area contributed by atoms with Gasteiger partial charge in [-0.25, -0.2) is 18.2 Å². The van der Waals surface area contributed by atoms with Crippen molar-refractivity contribution in [1.82, 2.24) is 14.5 Å². The molecule has 0 radical (unpaired) electrons. The highest BCUT2D eigenvalue weighted by Gasteiger charge is 2.60. The summed E-state index contributed by atoms with van der Waals surface area (Å²) in [6.07, 6.45) is -5.32. The van der Waals surface area contributed by atoms with Crippen LogP contribution in [0.25, 0.3) is 0 Å². The number of nitrogens with two attached hydrogens (primary N) is 1. The lowest BCUT2D eigenvalue weighted by Gasteiger charge is -2.19. The lowest BCUT2D eigenvalue weighted by atomic mass is 10.0. The van der Waals surface area contributed by atoms with E-state index in [1.54, 1.807) is 0 Å². The predicted molar refractivity (Wildman–Crippen MR) is 102 cm³/mol. The molecule has 1 aromatic carbocycles. The first-order valence-electron chi connectivity index (χ1n) is 9.75. The van der Waals surface area contributed by atoms with Crippen molar-refractivity contribution in [2.24, 2.45) is 5.73 Å². The van der Waals surface area contributed by atoms with Crippen LogP contribution in [0.15, 0.2) is 18.3 Å². The first kappa shape index (κ1) is 26.6. The minimum absolute atomic E-state index is 0.0138. The molecule has 13 heteroatoms. The summed E-state index contributed by atoms with van der Waals surface area (Å²) in [4.78, 5) is 16.8. The molecule has 0 aliphatic rings. The van der Waals surface area contributed by atoms with Gasteiger partial charge in [0.25, 0.3) is 0 Å². The number of rotatable bonds is 9. The van der Waals surface area contributed by atoms with Crippen LogP contribution in [-0.4, -0.2) is 46.2 Å². The van der Waals surface area contributed by atoms with Crippen molar-refractivity contribution in [2.75, 3.05) is 13.6 Å². The van der Waals surface area contributed by atoms with E-state index in [0.717, 1.165) is 4.57 Å². The lowest BCUT2D eigenvalue weighted by molar-refractivity contribution is -0.290. The fourth-order valence-corrected chi connectivity index (χ4v) is 3.02. The highest BCUT2D eigenvalue weighted by atomic mass is 19.4. The van der Waals surface area contributed by atoms with Gasteiger partial charge in [-0.2, -0.15) is 22.0 Å². The van der Waals surface area contributed by atoms with Crippen molar-refractivity contribution in [3.63, 3.8) is 0 Å². The van der Waals surface area contributed by atoms with Gasteiger partial charge in [-0.1, -0.05) is 0 Å². The fraction of sp³-hybridized carbons (Fsp3) is 0.500. The van der Waals surface area contributed by atoms with Crippen molar-refractivity contribution < 1.29 is 39.9 Å². The van der Waals surface area contributed by atoms with Gasteiger partial charge in [0.2, 0.25) is 5.91 Å². The van der Waals surface area contributed by atoms with Crippen LogP contribution in [0, 0.1) is 24.4 Å². The van der Waals surface area contributed by atoms with Gasteiger partial charge in [0.05, 0.1) is 0 Å². The number of benzene rings is 1. The Kier molecular flexibility index (Phi) is 8.09. The summed E-state index contributed by atoms with van der Waals surface area (Å²) in [6, 6.07) is 0.372. The van der Waals surface area contributed by atoms with Gasteiger partial charge in [-0.3, -0.25) is 4.79 Å². The summed E-state index contributed by atoms with van der Waals surface area (Å²) in [7, 11) is 1.40. The van der Waals surface area contributed by atoms with E-state index in [1.165, 1.54) is 18.9 Å². The van der Waals surface area contributed by atoms with E-state index in [9.17, 15) is 39.9 Å². The Morgan fingerprint density at radius 1 is 1.12 bits per heavy atom. The molecule has 0 fully saturated rings. The van der Waals surface area contributed by atoms with E-state index in [1.807, 2.05) is 0 Å². The van der Waals surface area contributed by atoms with E-state index in [4.69, 9.17) is 5.73 Å². The van der Waals surface area contributed by atoms with Gasteiger partial charge >= 0.3 is 12.1 Å².